The van der Waals surface area contributed by atoms with E-state index in [2.05, 4.69) is 10.2 Å². The molecule has 0 amide bonds. The number of rotatable bonds is 1. The van der Waals surface area contributed by atoms with Gasteiger partial charge in [-0.2, -0.15) is 5.26 Å². The molecule has 1 rings (SSSR count). The summed E-state index contributed by atoms with van der Waals surface area (Å²) in [5.74, 6) is 0. The summed E-state index contributed by atoms with van der Waals surface area (Å²) in [5, 5.41) is 10.7. The minimum Gasteiger partial charge on any atom is -0.303 e. The molecule has 0 unspecified atom stereocenters. The van der Waals surface area contributed by atoms with Gasteiger partial charge in [0.2, 0.25) is 5.69 Å². The standard InChI is InChI=1S/C8H5N3/c1-10-7-4-2-3-5-8(7)11-6-9/h2-5,11H. The third-order valence-corrected chi connectivity index (χ3v) is 1.22. The second kappa shape index (κ2) is 3.24. The number of nitrogens with zero attached hydrogens (tertiary/aromatic N) is 2. The molecule has 0 atom stereocenters. The van der Waals surface area contributed by atoms with E-state index in [0.717, 1.165) is 0 Å². The maximum atomic E-state index is 8.28. The fraction of sp³-hybridized carbons (Fsp3) is 0. The van der Waals surface area contributed by atoms with Crippen LogP contribution in [-0.2, 0) is 0 Å². The Morgan fingerprint density at radius 2 is 2.18 bits per heavy atom. The van der Waals surface area contributed by atoms with E-state index < -0.39 is 0 Å². The average molecular weight is 143 g/mol. The van der Waals surface area contributed by atoms with E-state index in [4.69, 9.17) is 11.8 Å². The Bertz CT molecular complexity index is 330. The van der Waals surface area contributed by atoms with E-state index in [9.17, 15) is 0 Å². The van der Waals surface area contributed by atoms with Crippen LogP contribution >= 0.6 is 0 Å². The average Bonchev–Trinajstić information content (AvgIpc) is 2.06. The van der Waals surface area contributed by atoms with Crippen molar-refractivity contribution in [1.82, 2.24) is 0 Å². The van der Waals surface area contributed by atoms with Crippen molar-refractivity contribution >= 4 is 11.4 Å². The van der Waals surface area contributed by atoms with Crippen molar-refractivity contribution in [2.24, 2.45) is 0 Å². The van der Waals surface area contributed by atoms with Gasteiger partial charge >= 0.3 is 0 Å². The molecule has 0 aliphatic rings. The molecule has 0 saturated heterocycles. The largest absolute Gasteiger partial charge is 0.303 e. The topological polar surface area (TPSA) is 40.2 Å². The van der Waals surface area contributed by atoms with E-state index in [1.807, 2.05) is 0 Å². The highest BCUT2D eigenvalue weighted by Gasteiger charge is 1.96. The fourth-order valence-corrected chi connectivity index (χ4v) is 0.737. The highest BCUT2D eigenvalue weighted by Crippen LogP contribution is 2.23. The van der Waals surface area contributed by atoms with Crippen LogP contribution in [0.15, 0.2) is 24.3 Å². The third kappa shape index (κ3) is 1.47. The summed E-state index contributed by atoms with van der Waals surface area (Å²) in [4.78, 5) is 3.23. The summed E-state index contributed by atoms with van der Waals surface area (Å²) in [5.41, 5.74) is 1.03. The number of hydrogen-bond donors (Lipinski definition) is 1. The quantitative estimate of drug-likeness (QED) is 0.371. The fourth-order valence-electron chi connectivity index (χ4n) is 0.737. The van der Waals surface area contributed by atoms with Crippen LogP contribution in [0.25, 0.3) is 4.85 Å². The molecule has 1 aromatic rings. The molecule has 0 spiro atoms. The van der Waals surface area contributed by atoms with E-state index in [-0.39, 0.29) is 0 Å². The molecule has 0 fully saturated rings. The summed E-state index contributed by atoms with van der Waals surface area (Å²) in [6.45, 7) is 6.74. The van der Waals surface area contributed by atoms with Crippen molar-refractivity contribution in [3.05, 3.63) is 35.7 Å². The first-order chi connectivity index (χ1) is 5.38. The summed E-state index contributed by atoms with van der Waals surface area (Å²) in [6, 6.07) is 6.88. The van der Waals surface area contributed by atoms with E-state index in [0.29, 0.717) is 11.4 Å². The predicted molar refractivity (Wildman–Crippen MR) is 41.9 cm³/mol. The van der Waals surface area contributed by atoms with Crippen LogP contribution in [0.5, 0.6) is 0 Å². The lowest BCUT2D eigenvalue weighted by molar-refractivity contribution is 1.47. The van der Waals surface area contributed by atoms with Crippen LogP contribution in [0.3, 0.4) is 0 Å². The zero-order valence-electron chi connectivity index (χ0n) is 5.70. The maximum Gasteiger partial charge on any atom is 0.210 e. The lowest BCUT2D eigenvalue weighted by atomic mass is 10.3. The van der Waals surface area contributed by atoms with Gasteiger partial charge in [0.15, 0.2) is 6.19 Å². The van der Waals surface area contributed by atoms with Crippen molar-refractivity contribution in [3.8, 4) is 6.19 Å². The van der Waals surface area contributed by atoms with Crippen molar-refractivity contribution in [3.63, 3.8) is 0 Å². The van der Waals surface area contributed by atoms with Gasteiger partial charge in [-0.15, -0.1) is 0 Å². The summed E-state index contributed by atoms with van der Waals surface area (Å²) in [6.07, 6.45) is 1.77. The number of nitrogens with one attached hydrogen (secondary N) is 1. The van der Waals surface area contributed by atoms with Gasteiger partial charge in [-0.05, 0) is 6.07 Å². The van der Waals surface area contributed by atoms with Gasteiger partial charge < -0.3 is 5.32 Å². The van der Waals surface area contributed by atoms with Gasteiger partial charge in [-0.3, -0.25) is 0 Å². The minimum atomic E-state index is 0.467. The summed E-state index contributed by atoms with van der Waals surface area (Å²) >= 11 is 0. The molecule has 3 heteroatoms. The molecule has 3 nitrogen and oxygen atoms in total. The molecule has 1 N–H and O–H groups in total. The maximum absolute atomic E-state index is 8.28. The van der Waals surface area contributed by atoms with Crippen LogP contribution in [-0.4, -0.2) is 0 Å². The molecule has 0 bridgehead atoms. The minimum absolute atomic E-state index is 0.467. The van der Waals surface area contributed by atoms with Crippen LogP contribution in [0.1, 0.15) is 0 Å². The van der Waals surface area contributed by atoms with Gasteiger partial charge in [-0.1, -0.05) is 18.2 Å². The Morgan fingerprint density at radius 3 is 2.82 bits per heavy atom. The molecule has 52 valence electrons. The first-order valence-corrected chi connectivity index (χ1v) is 3.00. The van der Waals surface area contributed by atoms with E-state index >= 15 is 0 Å². The van der Waals surface area contributed by atoms with Crippen LogP contribution in [0, 0.1) is 18.0 Å². The highest BCUT2D eigenvalue weighted by molar-refractivity contribution is 5.70. The monoisotopic (exact) mass is 143 g/mol. The second-order valence-corrected chi connectivity index (χ2v) is 1.87. The molecular formula is C8H5N3. The van der Waals surface area contributed by atoms with Crippen molar-refractivity contribution in [1.29, 1.82) is 5.26 Å². The van der Waals surface area contributed by atoms with Gasteiger partial charge in [0.1, 0.15) is 0 Å². The Morgan fingerprint density at radius 1 is 1.45 bits per heavy atom. The molecule has 0 heterocycles. The highest BCUT2D eigenvalue weighted by atomic mass is 14.9. The molecular weight excluding hydrogens is 138 g/mol. The zero-order valence-corrected chi connectivity index (χ0v) is 5.70. The lowest BCUT2D eigenvalue weighted by Crippen LogP contribution is -1.85. The number of hydrogen-bond acceptors (Lipinski definition) is 2. The second-order valence-electron chi connectivity index (χ2n) is 1.87. The SMILES string of the molecule is [C-]#[N+]c1ccccc1NC#N. The number of benzene rings is 1. The molecule has 1 aromatic carbocycles. The van der Waals surface area contributed by atoms with Crippen LogP contribution in [0.4, 0.5) is 11.4 Å². The Balaban J connectivity index is 3.07. The Kier molecular flexibility index (Phi) is 2.09. The first kappa shape index (κ1) is 7.11. The normalized spacial score (nSPS) is 7.82. The van der Waals surface area contributed by atoms with Crippen molar-refractivity contribution in [2.45, 2.75) is 0 Å². The summed E-state index contributed by atoms with van der Waals surface area (Å²) < 4.78 is 0. The number of anilines is 1. The van der Waals surface area contributed by atoms with E-state index in [1.54, 1.807) is 30.5 Å². The van der Waals surface area contributed by atoms with Crippen LogP contribution in [0.2, 0.25) is 0 Å². The molecule has 0 aliphatic carbocycles. The molecule has 0 radical (unpaired) electrons. The molecule has 11 heavy (non-hydrogen) atoms. The van der Waals surface area contributed by atoms with Crippen molar-refractivity contribution in [2.75, 3.05) is 5.32 Å². The Hall–Kier alpha value is -2.00. The molecule has 0 saturated carbocycles. The predicted octanol–water partition coefficient (Wildman–Crippen LogP) is 2.13. The third-order valence-electron chi connectivity index (χ3n) is 1.22. The number of para-hydroxylation sites is 2. The Labute approximate surface area is 64.7 Å². The van der Waals surface area contributed by atoms with Crippen molar-refractivity contribution < 1.29 is 0 Å². The smallest absolute Gasteiger partial charge is 0.210 e. The zero-order chi connectivity index (χ0) is 8.10. The molecule has 0 aromatic heterocycles. The number of nitriles is 1. The summed E-state index contributed by atoms with van der Waals surface area (Å²) in [7, 11) is 0. The van der Waals surface area contributed by atoms with Gasteiger partial charge in [0.25, 0.3) is 0 Å². The van der Waals surface area contributed by atoms with Gasteiger partial charge in [0.05, 0.1) is 12.3 Å². The first-order valence-electron chi connectivity index (χ1n) is 3.00. The van der Waals surface area contributed by atoms with Gasteiger partial charge in [0, 0.05) is 0 Å². The van der Waals surface area contributed by atoms with Gasteiger partial charge in [-0.25, -0.2) is 4.85 Å². The molecule has 0 aliphatic heterocycles. The van der Waals surface area contributed by atoms with E-state index in [1.165, 1.54) is 0 Å². The lowest BCUT2D eigenvalue weighted by Gasteiger charge is -1.97. The van der Waals surface area contributed by atoms with Crippen LogP contribution < -0.4 is 5.32 Å².